The minimum Gasteiger partial charge on any atom is -0.469 e. The van der Waals surface area contributed by atoms with Crippen molar-refractivity contribution in [3.05, 3.63) is 0 Å². The fraction of sp³-hybridized carbons (Fsp3) is 0.909. The summed E-state index contributed by atoms with van der Waals surface area (Å²) < 4.78 is 40.5. The van der Waals surface area contributed by atoms with Crippen molar-refractivity contribution < 1.29 is 27.4 Å². The van der Waals surface area contributed by atoms with Crippen LogP contribution in [0.5, 0.6) is 0 Å². The number of hydrogen-bond donors (Lipinski definition) is 1. The second-order valence-corrected chi connectivity index (χ2v) is 5.61. The van der Waals surface area contributed by atoms with Gasteiger partial charge >= 0.3 is 5.97 Å². The quantitative estimate of drug-likeness (QED) is 0.434. The van der Waals surface area contributed by atoms with Crippen LogP contribution in [-0.2, 0) is 29.0 Å². The summed E-state index contributed by atoms with van der Waals surface area (Å²) in [6, 6.07) is 0. The van der Waals surface area contributed by atoms with Gasteiger partial charge in [0.15, 0.2) is 6.29 Å². The molecule has 0 heterocycles. The Morgan fingerprint density at radius 2 is 1.79 bits per heavy atom. The van der Waals surface area contributed by atoms with Gasteiger partial charge in [-0.15, -0.1) is 0 Å². The highest BCUT2D eigenvalue weighted by molar-refractivity contribution is 7.89. The van der Waals surface area contributed by atoms with Gasteiger partial charge in [-0.1, -0.05) is 0 Å². The van der Waals surface area contributed by atoms with Crippen LogP contribution in [0, 0.1) is 0 Å². The molecule has 0 aliphatic heterocycles. The minimum absolute atomic E-state index is 0.0578. The molecule has 0 bridgehead atoms. The predicted molar refractivity (Wildman–Crippen MR) is 70.1 cm³/mol. The summed E-state index contributed by atoms with van der Waals surface area (Å²) in [4.78, 5) is 10.9. The smallest absolute Gasteiger partial charge is 0.305 e. The third kappa shape index (κ3) is 9.83. The van der Waals surface area contributed by atoms with Crippen LogP contribution in [0.15, 0.2) is 0 Å². The van der Waals surface area contributed by atoms with Gasteiger partial charge in [0.25, 0.3) is 0 Å². The summed E-state index contributed by atoms with van der Waals surface area (Å²) >= 11 is 0. The van der Waals surface area contributed by atoms with Crippen LogP contribution in [0.1, 0.15) is 26.7 Å². The van der Waals surface area contributed by atoms with E-state index in [1.54, 1.807) is 13.8 Å². The van der Waals surface area contributed by atoms with Crippen LogP contribution in [0.3, 0.4) is 0 Å². The lowest BCUT2D eigenvalue weighted by atomic mass is 10.3. The summed E-state index contributed by atoms with van der Waals surface area (Å²) in [5, 5.41) is 0. The zero-order valence-electron chi connectivity index (χ0n) is 11.7. The molecule has 0 aromatic carbocycles. The van der Waals surface area contributed by atoms with Gasteiger partial charge in [-0.05, 0) is 20.3 Å². The molecule has 0 aromatic rings. The molecule has 0 unspecified atom stereocenters. The Kier molecular flexibility index (Phi) is 9.76. The molecule has 0 radical (unpaired) electrons. The van der Waals surface area contributed by atoms with Crippen LogP contribution in [0.4, 0.5) is 0 Å². The summed E-state index contributed by atoms with van der Waals surface area (Å²) in [7, 11) is -2.17. The minimum atomic E-state index is -3.43. The Balaban J connectivity index is 4.03. The Labute approximate surface area is 114 Å². The summed E-state index contributed by atoms with van der Waals surface area (Å²) in [6.07, 6.45) is -0.293. The molecular weight excluding hydrogens is 274 g/mol. The molecule has 1 N–H and O–H groups in total. The number of hydrogen-bond acceptors (Lipinski definition) is 6. The maximum atomic E-state index is 11.6. The van der Waals surface area contributed by atoms with Gasteiger partial charge in [-0.25, -0.2) is 13.1 Å². The van der Waals surface area contributed by atoms with E-state index >= 15 is 0 Å². The second-order valence-electron chi connectivity index (χ2n) is 3.69. The number of sulfonamides is 1. The first-order valence-electron chi connectivity index (χ1n) is 6.22. The van der Waals surface area contributed by atoms with Crippen LogP contribution >= 0.6 is 0 Å². The van der Waals surface area contributed by atoms with E-state index in [-0.39, 0.29) is 25.1 Å². The molecule has 0 amide bonds. The van der Waals surface area contributed by atoms with Gasteiger partial charge in [0.1, 0.15) is 0 Å². The lowest BCUT2D eigenvalue weighted by Gasteiger charge is -2.17. The molecular formula is C11H23NO6S. The molecule has 8 heteroatoms. The highest BCUT2D eigenvalue weighted by Crippen LogP contribution is 1.99. The van der Waals surface area contributed by atoms with E-state index in [2.05, 4.69) is 9.46 Å². The maximum absolute atomic E-state index is 11.6. The van der Waals surface area contributed by atoms with Gasteiger partial charge in [-0.2, -0.15) is 0 Å². The van der Waals surface area contributed by atoms with E-state index in [9.17, 15) is 13.2 Å². The Morgan fingerprint density at radius 3 is 2.26 bits per heavy atom. The molecule has 0 saturated heterocycles. The molecule has 7 nitrogen and oxygen atoms in total. The van der Waals surface area contributed by atoms with Crippen molar-refractivity contribution >= 4 is 16.0 Å². The van der Waals surface area contributed by atoms with Crippen molar-refractivity contribution in [3.8, 4) is 0 Å². The SMILES string of the molecule is CCOC(CNS(=O)(=O)CCCC(=O)OC)OCC. The predicted octanol–water partition coefficient (Wildman–Crippen LogP) is 0.258. The van der Waals surface area contributed by atoms with Crippen LogP contribution in [0.25, 0.3) is 0 Å². The fourth-order valence-electron chi connectivity index (χ4n) is 1.31. The van der Waals surface area contributed by atoms with Gasteiger partial charge in [0, 0.05) is 19.6 Å². The molecule has 0 fully saturated rings. The first-order valence-corrected chi connectivity index (χ1v) is 7.87. The zero-order chi connectivity index (χ0) is 14.7. The summed E-state index contributed by atoms with van der Waals surface area (Å²) in [5.74, 6) is -0.552. The second kappa shape index (κ2) is 10.1. The maximum Gasteiger partial charge on any atom is 0.305 e. The van der Waals surface area contributed by atoms with Crippen molar-refractivity contribution in [2.45, 2.75) is 33.0 Å². The van der Waals surface area contributed by atoms with Crippen molar-refractivity contribution in [2.24, 2.45) is 0 Å². The molecule has 0 rings (SSSR count). The number of carbonyl (C=O) groups is 1. The van der Waals surface area contributed by atoms with Gasteiger partial charge in [0.05, 0.1) is 19.4 Å². The number of methoxy groups -OCH3 is 1. The van der Waals surface area contributed by atoms with Gasteiger partial charge in [0.2, 0.25) is 10.0 Å². The molecule has 114 valence electrons. The average molecular weight is 297 g/mol. The van der Waals surface area contributed by atoms with Crippen LogP contribution < -0.4 is 4.72 Å². The number of rotatable bonds is 11. The molecule has 19 heavy (non-hydrogen) atoms. The summed E-state index contributed by atoms with van der Waals surface area (Å²) in [5.41, 5.74) is 0. The van der Waals surface area contributed by atoms with E-state index in [0.717, 1.165) is 0 Å². The number of ether oxygens (including phenoxy) is 3. The Hall–Kier alpha value is -0.700. The van der Waals surface area contributed by atoms with Crippen molar-refractivity contribution in [2.75, 3.05) is 32.6 Å². The lowest BCUT2D eigenvalue weighted by Crippen LogP contribution is -2.36. The number of esters is 1. The van der Waals surface area contributed by atoms with Gasteiger partial charge < -0.3 is 14.2 Å². The molecule has 0 spiro atoms. The van der Waals surface area contributed by atoms with Crippen LogP contribution in [-0.4, -0.2) is 53.3 Å². The monoisotopic (exact) mass is 297 g/mol. The Morgan fingerprint density at radius 1 is 1.21 bits per heavy atom. The number of nitrogens with one attached hydrogen (secondary N) is 1. The van der Waals surface area contributed by atoms with Gasteiger partial charge in [-0.3, -0.25) is 4.79 Å². The topological polar surface area (TPSA) is 90.9 Å². The highest BCUT2D eigenvalue weighted by Gasteiger charge is 2.15. The third-order valence-electron chi connectivity index (χ3n) is 2.20. The molecule has 0 atom stereocenters. The van der Waals surface area contributed by atoms with E-state index in [0.29, 0.717) is 13.2 Å². The molecule has 0 saturated carbocycles. The fourth-order valence-corrected chi connectivity index (χ4v) is 2.37. The van der Waals surface area contributed by atoms with Crippen molar-refractivity contribution in [1.29, 1.82) is 0 Å². The van der Waals surface area contributed by atoms with Crippen LogP contribution in [0.2, 0.25) is 0 Å². The first kappa shape index (κ1) is 18.3. The highest BCUT2D eigenvalue weighted by atomic mass is 32.2. The molecule has 0 aliphatic carbocycles. The average Bonchev–Trinajstić information content (AvgIpc) is 2.36. The lowest BCUT2D eigenvalue weighted by molar-refractivity contribution is -0.140. The van der Waals surface area contributed by atoms with Crippen molar-refractivity contribution in [1.82, 2.24) is 4.72 Å². The van der Waals surface area contributed by atoms with E-state index in [1.807, 2.05) is 0 Å². The zero-order valence-corrected chi connectivity index (χ0v) is 12.5. The van der Waals surface area contributed by atoms with E-state index < -0.39 is 22.3 Å². The van der Waals surface area contributed by atoms with E-state index in [1.165, 1.54) is 7.11 Å². The van der Waals surface area contributed by atoms with Crippen molar-refractivity contribution in [3.63, 3.8) is 0 Å². The molecule has 0 aliphatic rings. The Bertz CT molecular complexity index is 337. The number of carbonyl (C=O) groups excluding carboxylic acids is 1. The summed E-state index contributed by atoms with van der Waals surface area (Å²) in [6.45, 7) is 4.54. The first-order chi connectivity index (χ1) is 8.95. The normalized spacial score (nSPS) is 11.8. The molecule has 0 aromatic heterocycles. The third-order valence-corrected chi connectivity index (χ3v) is 3.63. The standard InChI is InChI=1S/C11H23NO6S/c1-4-17-11(18-5-2)9-12-19(14,15)8-6-7-10(13)16-3/h11-12H,4-9H2,1-3H3. The largest absolute Gasteiger partial charge is 0.469 e. The van der Waals surface area contributed by atoms with E-state index in [4.69, 9.17) is 9.47 Å².